The van der Waals surface area contributed by atoms with E-state index in [9.17, 15) is 13.2 Å². The zero-order chi connectivity index (χ0) is 17.0. The fourth-order valence-electron chi connectivity index (χ4n) is 2.15. The zero-order valence-corrected chi connectivity index (χ0v) is 14.8. The number of nitrogens with one attached hydrogen (secondary N) is 1. The van der Waals surface area contributed by atoms with E-state index in [0.717, 1.165) is 12.8 Å². The first-order chi connectivity index (χ1) is 10.9. The third kappa shape index (κ3) is 4.59. The van der Waals surface area contributed by atoms with Gasteiger partial charge in [-0.3, -0.25) is 4.79 Å². The van der Waals surface area contributed by atoms with Crippen LogP contribution in [0.1, 0.15) is 26.7 Å². The molecule has 0 saturated heterocycles. The number of carbonyl (C=O) groups is 1. The highest BCUT2D eigenvalue weighted by atomic mass is 35.5. The lowest BCUT2D eigenvalue weighted by Crippen LogP contribution is -2.32. The second-order valence-electron chi connectivity index (χ2n) is 5.31. The smallest absolute Gasteiger partial charge is 0.258 e. The average molecular weight is 361 g/mol. The third-order valence-electron chi connectivity index (χ3n) is 3.53. The minimum absolute atomic E-state index is 0.0204. The molecule has 2 rings (SSSR count). The van der Waals surface area contributed by atoms with Crippen molar-refractivity contribution in [1.82, 2.24) is 9.62 Å². The summed E-state index contributed by atoms with van der Waals surface area (Å²) in [6, 6.07) is 4.60. The van der Waals surface area contributed by atoms with Crippen LogP contribution in [0.25, 0.3) is 0 Å². The number of hydrogen-bond donors (Lipinski definition) is 1. The van der Waals surface area contributed by atoms with E-state index in [0.29, 0.717) is 18.1 Å². The Kier molecular flexibility index (Phi) is 5.89. The Bertz CT molecular complexity index is 670. The van der Waals surface area contributed by atoms with Crippen molar-refractivity contribution in [1.29, 1.82) is 0 Å². The van der Waals surface area contributed by atoms with Crippen molar-refractivity contribution in [3.63, 3.8) is 0 Å². The quantitative estimate of drug-likeness (QED) is 0.769. The lowest BCUT2D eigenvalue weighted by Gasteiger charge is -2.20. The van der Waals surface area contributed by atoms with Crippen LogP contribution in [0.5, 0.6) is 5.75 Å². The molecule has 1 aromatic carbocycles. The highest BCUT2D eigenvalue weighted by Gasteiger charge is 2.27. The van der Waals surface area contributed by atoms with Crippen molar-refractivity contribution in [3.8, 4) is 5.75 Å². The number of hydrogen-bond acceptors (Lipinski definition) is 4. The van der Waals surface area contributed by atoms with Crippen molar-refractivity contribution in [2.45, 2.75) is 37.6 Å². The molecule has 1 saturated carbocycles. The van der Waals surface area contributed by atoms with Crippen molar-refractivity contribution < 1.29 is 17.9 Å². The number of ether oxygens (including phenoxy) is 1. The average Bonchev–Trinajstić information content (AvgIpc) is 3.30. The van der Waals surface area contributed by atoms with E-state index in [1.807, 2.05) is 0 Å². The highest BCUT2D eigenvalue weighted by Crippen LogP contribution is 2.30. The molecule has 128 valence electrons. The van der Waals surface area contributed by atoms with Crippen LogP contribution in [0.15, 0.2) is 23.1 Å². The van der Waals surface area contributed by atoms with Crippen LogP contribution in [0, 0.1) is 0 Å². The standard InChI is InChI=1S/C15H21ClN2O4S/c1-3-18(4-2)23(20,21)14-9-11(16)5-8-13(14)22-10-15(19)17-12-6-7-12/h5,8-9,12H,3-4,6-7,10H2,1-2H3,(H,17,19). The van der Waals surface area contributed by atoms with E-state index < -0.39 is 10.0 Å². The summed E-state index contributed by atoms with van der Waals surface area (Å²) in [6.07, 6.45) is 1.96. The molecule has 1 aromatic rings. The minimum atomic E-state index is -3.72. The van der Waals surface area contributed by atoms with Gasteiger partial charge < -0.3 is 10.1 Å². The summed E-state index contributed by atoms with van der Waals surface area (Å²) in [6.45, 7) is 3.98. The predicted octanol–water partition coefficient (Wildman–Crippen LogP) is 2.03. The molecular weight excluding hydrogens is 340 g/mol. The fourth-order valence-corrected chi connectivity index (χ4v) is 4.00. The summed E-state index contributed by atoms with van der Waals surface area (Å²) >= 11 is 5.94. The molecule has 0 unspecified atom stereocenters. The van der Waals surface area contributed by atoms with Gasteiger partial charge in [0.15, 0.2) is 6.61 Å². The Morgan fingerprint density at radius 1 is 1.35 bits per heavy atom. The Morgan fingerprint density at radius 2 is 2.00 bits per heavy atom. The van der Waals surface area contributed by atoms with Gasteiger partial charge in [0.05, 0.1) is 0 Å². The van der Waals surface area contributed by atoms with Crippen LogP contribution in [0.2, 0.25) is 5.02 Å². The van der Waals surface area contributed by atoms with Gasteiger partial charge in [-0.05, 0) is 31.0 Å². The van der Waals surface area contributed by atoms with E-state index in [4.69, 9.17) is 16.3 Å². The maximum Gasteiger partial charge on any atom is 0.258 e. The van der Waals surface area contributed by atoms with E-state index in [1.165, 1.54) is 22.5 Å². The molecule has 0 spiro atoms. The van der Waals surface area contributed by atoms with Crippen molar-refractivity contribution in [3.05, 3.63) is 23.2 Å². The molecule has 0 atom stereocenters. The Morgan fingerprint density at radius 3 is 2.57 bits per heavy atom. The maximum atomic E-state index is 12.7. The Balaban J connectivity index is 2.20. The molecule has 0 bridgehead atoms. The molecule has 1 N–H and O–H groups in total. The molecule has 0 aromatic heterocycles. The predicted molar refractivity (Wildman–Crippen MR) is 88.2 cm³/mol. The van der Waals surface area contributed by atoms with E-state index >= 15 is 0 Å². The Labute approximate surface area is 141 Å². The van der Waals surface area contributed by atoms with Crippen LogP contribution in [0.4, 0.5) is 0 Å². The van der Waals surface area contributed by atoms with Crippen LogP contribution < -0.4 is 10.1 Å². The van der Waals surface area contributed by atoms with Crippen LogP contribution in [0.3, 0.4) is 0 Å². The third-order valence-corrected chi connectivity index (χ3v) is 5.84. The first-order valence-corrected chi connectivity index (χ1v) is 9.42. The second kappa shape index (κ2) is 7.51. The van der Waals surface area contributed by atoms with Crippen LogP contribution in [-0.2, 0) is 14.8 Å². The SMILES string of the molecule is CCN(CC)S(=O)(=O)c1cc(Cl)ccc1OCC(=O)NC1CC1. The molecule has 1 aliphatic rings. The molecule has 1 aliphatic carbocycles. The summed E-state index contributed by atoms with van der Waals surface area (Å²) in [5, 5.41) is 3.09. The summed E-state index contributed by atoms with van der Waals surface area (Å²) in [7, 11) is -3.72. The topological polar surface area (TPSA) is 75.7 Å². The number of rotatable bonds is 8. The number of carbonyl (C=O) groups excluding carboxylic acids is 1. The molecule has 0 aliphatic heterocycles. The number of amides is 1. The van der Waals surface area contributed by atoms with E-state index in [-0.39, 0.29) is 29.2 Å². The van der Waals surface area contributed by atoms with Gasteiger partial charge in [-0.15, -0.1) is 0 Å². The van der Waals surface area contributed by atoms with Crippen LogP contribution >= 0.6 is 11.6 Å². The second-order valence-corrected chi connectivity index (χ2v) is 7.65. The number of halogens is 1. The first-order valence-electron chi connectivity index (χ1n) is 7.60. The monoisotopic (exact) mass is 360 g/mol. The number of nitrogens with zero attached hydrogens (tertiary/aromatic N) is 1. The number of sulfonamides is 1. The van der Waals surface area contributed by atoms with Crippen molar-refractivity contribution >= 4 is 27.5 Å². The first kappa shape index (κ1) is 18.0. The Hall–Kier alpha value is -1.31. The molecule has 23 heavy (non-hydrogen) atoms. The van der Waals surface area contributed by atoms with Gasteiger partial charge >= 0.3 is 0 Å². The maximum absolute atomic E-state index is 12.7. The normalized spacial score (nSPS) is 14.8. The largest absolute Gasteiger partial charge is 0.482 e. The highest BCUT2D eigenvalue weighted by molar-refractivity contribution is 7.89. The summed E-state index contributed by atoms with van der Waals surface area (Å²) in [5.41, 5.74) is 0. The molecule has 8 heteroatoms. The summed E-state index contributed by atoms with van der Waals surface area (Å²) < 4.78 is 32.1. The molecule has 1 fully saturated rings. The zero-order valence-electron chi connectivity index (χ0n) is 13.2. The minimum Gasteiger partial charge on any atom is -0.482 e. The van der Waals surface area contributed by atoms with Crippen LogP contribution in [-0.4, -0.2) is 44.4 Å². The van der Waals surface area contributed by atoms with Crippen molar-refractivity contribution in [2.24, 2.45) is 0 Å². The van der Waals surface area contributed by atoms with Gasteiger partial charge in [-0.1, -0.05) is 25.4 Å². The van der Waals surface area contributed by atoms with Gasteiger partial charge in [0, 0.05) is 24.2 Å². The molecule has 1 amide bonds. The molecule has 0 radical (unpaired) electrons. The van der Waals surface area contributed by atoms with E-state index in [1.54, 1.807) is 13.8 Å². The lowest BCUT2D eigenvalue weighted by molar-refractivity contribution is -0.123. The molecule has 0 heterocycles. The lowest BCUT2D eigenvalue weighted by atomic mass is 10.3. The van der Waals surface area contributed by atoms with Gasteiger partial charge in [0.25, 0.3) is 5.91 Å². The van der Waals surface area contributed by atoms with Gasteiger partial charge in [0.2, 0.25) is 10.0 Å². The van der Waals surface area contributed by atoms with Crippen molar-refractivity contribution in [2.75, 3.05) is 19.7 Å². The van der Waals surface area contributed by atoms with E-state index in [2.05, 4.69) is 5.32 Å². The molecular formula is C15H21ClN2O4S. The fraction of sp³-hybridized carbons (Fsp3) is 0.533. The van der Waals surface area contributed by atoms with Gasteiger partial charge in [0.1, 0.15) is 10.6 Å². The summed E-state index contributed by atoms with van der Waals surface area (Å²) in [5.74, 6) is -0.124. The number of benzene rings is 1. The summed E-state index contributed by atoms with van der Waals surface area (Å²) in [4.78, 5) is 11.7. The van der Waals surface area contributed by atoms with Gasteiger partial charge in [-0.2, -0.15) is 4.31 Å². The van der Waals surface area contributed by atoms with Gasteiger partial charge in [-0.25, -0.2) is 8.42 Å². The molecule has 6 nitrogen and oxygen atoms in total.